The molecule has 0 saturated heterocycles. The van der Waals surface area contributed by atoms with E-state index in [-0.39, 0.29) is 24.1 Å². The van der Waals surface area contributed by atoms with Gasteiger partial charge in [0.05, 0.1) is 28.4 Å². The number of carbonyl (C=O) groups excluding carboxylic acids is 2. The summed E-state index contributed by atoms with van der Waals surface area (Å²) in [6.07, 6.45) is 0. The number of para-hydroxylation sites is 1. The van der Waals surface area contributed by atoms with Gasteiger partial charge >= 0.3 is 0 Å². The number of nitrogens with one attached hydrogen (secondary N) is 2. The zero-order valence-corrected chi connectivity index (χ0v) is 18.4. The zero-order valence-electron chi connectivity index (χ0n) is 18.4. The standard InChI is InChI=1S/C26H24N4O3/c1-17(19-10-4-3-5-11-19)27-25(32)22-14-8-9-15-23(22)28-24(31)16-30-26(33)21-13-7-6-12-20(21)18(2)29-30/h3-15,17H,16H2,1-2H3,(H,27,32)(H,28,31)/t17-/m0/s1. The summed E-state index contributed by atoms with van der Waals surface area (Å²) in [5.41, 5.74) is 2.00. The number of aromatic nitrogens is 2. The molecule has 0 aliphatic heterocycles. The average Bonchev–Trinajstić information content (AvgIpc) is 2.83. The Morgan fingerprint density at radius 2 is 1.55 bits per heavy atom. The summed E-state index contributed by atoms with van der Waals surface area (Å²) >= 11 is 0. The minimum absolute atomic E-state index is 0.203. The van der Waals surface area contributed by atoms with Crippen molar-refractivity contribution >= 4 is 28.3 Å². The van der Waals surface area contributed by atoms with Gasteiger partial charge in [-0.2, -0.15) is 5.10 Å². The van der Waals surface area contributed by atoms with Crippen LogP contribution in [0.4, 0.5) is 5.69 Å². The van der Waals surface area contributed by atoms with E-state index in [1.54, 1.807) is 43.3 Å². The molecule has 33 heavy (non-hydrogen) atoms. The van der Waals surface area contributed by atoms with Crippen LogP contribution in [0.1, 0.15) is 34.6 Å². The Morgan fingerprint density at radius 3 is 2.30 bits per heavy atom. The lowest BCUT2D eigenvalue weighted by atomic mass is 10.1. The highest BCUT2D eigenvalue weighted by Gasteiger charge is 2.17. The van der Waals surface area contributed by atoms with Crippen molar-refractivity contribution in [2.45, 2.75) is 26.4 Å². The van der Waals surface area contributed by atoms with Gasteiger partial charge in [0.25, 0.3) is 11.5 Å². The number of aryl methyl sites for hydroxylation is 1. The van der Waals surface area contributed by atoms with E-state index in [2.05, 4.69) is 15.7 Å². The molecule has 0 saturated carbocycles. The van der Waals surface area contributed by atoms with Crippen LogP contribution in [0.15, 0.2) is 83.7 Å². The fourth-order valence-electron chi connectivity index (χ4n) is 3.73. The summed E-state index contributed by atoms with van der Waals surface area (Å²) in [4.78, 5) is 38.4. The van der Waals surface area contributed by atoms with Crippen LogP contribution in [-0.2, 0) is 11.3 Å². The highest BCUT2D eigenvalue weighted by Crippen LogP contribution is 2.18. The molecule has 0 bridgehead atoms. The van der Waals surface area contributed by atoms with Gasteiger partial charge in [-0.15, -0.1) is 0 Å². The molecule has 1 atom stereocenters. The minimum Gasteiger partial charge on any atom is -0.345 e. The van der Waals surface area contributed by atoms with Gasteiger partial charge < -0.3 is 10.6 Å². The van der Waals surface area contributed by atoms with Gasteiger partial charge in [-0.3, -0.25) is 14.4 Å². The number of carbonyl (C=O) groups is 2. The Kier molecular flexibility index (Phi) is 6.31. The van der Waals surface area contributed by atoms with E-state index in [1.807, 2.05) is 49.4 Å². The van der Waals surface area contributed by atoms with E-state index in [1.165, 1.54) is 0 Å². The Hall–Kier alpha value is -4.26. The number of amides is 2. The second kappa shape index (κ2) is 9.48. The fourth-order valence-corrected chi connectivity index (χ4v) is 3.73. The maximum atomic E-state index is 12.9. The summed E-state index contributed by atoms with van der Waals surface area (Å²) in [6, 6.07) is 23.3. The van der Waals surface area contributed by atoms with Crippen molar-refractivity contribution in [3.8, 4) is 0 Å². The van der Waals surface area contributed by atoms with Crippen molar-refractivity contribution in [2.24, 2.45) is 0 Å². The van der Waals surface area contributed by atoms with Crippen LogP contribution in [0.25, 0.3) is 10.8 Å². The molecule has 0 radical (unpaired) electrons. The minimum atomic E-state index is -0.448. The number of benzene rings is 3. The molecular formula is C26H24N4O3. The van der Waals surface area contributed by atoms with Crippen LogP contribution in [-0.4, -0.2) is 21.6 Å². The third kappa shape index (κ3) is 4.82. The van der Waals surface area contributed by atoms with E-state index in [0.717, 1.165) is 15.6 Å². The maximum absolute atomic E-state index is 12.9. The molecule has 7 heteroatoms. The monoisotopic (exact) mass is 440 g/mol. The molecular weight excluding hydrogens is 416 g/mol. The highest BCUT2D eigenvalue weighted by molar-refractivity contribution is 6.03. The molecule has 1 heterocycles. The highest BCUT2D eigenvalue weighted by atomic mass is 16.2. The van der Waals surface area contributed by atoms with Gasteiger partial charge in [0.1, 0.15) is 6.54 Å². The average molecular weight is 441 g/mol. The number of fused-ring (bicyclic) bond motifs is 1. The Morgan fingerprint density at radius 1 is 0.909 bits per heavy atom. The number of hydrogen-bond donors (Lipinski definition) is 2. The third-order valence-electron chi connectivity index (χ3n) is 5.44. The van der Waals surface area contributed by atoms with E-state index in [9.17, 15) is 14.4 Å². The van der Waals surface area contributed by atoms with Gasteiger partial charge in [0.2, 0.25) is 5.91 Å². The molecule has 0 aliphatic rings. The quantitative estimate of drug-likeness (QED) is 0.477. The summed E-state index contributed by atoms with van der Waals surface area (Å²) in [7, 11) is 0. The smallest absolute Gasteiger partial charge is 0.275 e. The molecule has 1 aromatic heterocycles. The van der Waals surface area contributed by atoms with Crippen LogP contribution in [0.3, 0.4) is 0 Å². The van der Waals surface area contributed by atoms with E-state index >= 15 is 0 Å². The van der Waals surface area contributed by atoms with E-state index in [0.29, 0.717) is 22.3 Å². The summed E-state index contributed by atoms with van der Waals surface area (Å²) in [6.45, 7) is 3.43. The van der Waals surface area contributed by atoms with E-state index < -0.39 is 5.91 Å². The van der Waals surface area contributed by atoms with Gasteiger partial charge in [0, 0.05) is 5.39 Å². The van der Waals surface area contributed by atoms with Crippen molar-refractivity contribution in [2.75, 3.05) is 5.32 Å². The lowest BCUT2D eigenvalue weighted by Crippen LogP contribution is -2.31. The summed E-state index contributed by atoms with van der Waals surface area (Å²) < 4.78 is 1.15. The molecule has 2 N–H and O–H groups in total. The third-order valence-corrected chi connectivity index (χ3v) is 5.44. The van der Waals surface area contributed by atoms with Crippen LogP contribution < -0.4 is 16.2 Å². The lowest BCUT2D eigenvalue weighted by Gasteiger charge is -2.16. The second-order valence-corrected chi connectivity index (χ2v) is 7.79. The zero-order chi connectivity index (χ0) is 23.4. The van der Waals surface area contributed by atoms with Gasteiger partial charge in [-0.05, 0) is 37.6 Å². The molecule has 2 amide bonds. The summed E-state index contributed by atoms with van der Waals surface area (Å²) in [5, 5.41) is 11.2. The molecule has 3 aromatic carbocycles. The molecule has 0 aliphatic carbocycles. The number of nitrogens with zero attached hydrogens (tertiary/aromatic N) is 2. The van der Waals surface area contributed by atoms with Crippen molar-refractivity contribution < 1.29 is 9.59 Å². The lowest BCUT2D eigenvalue weighted by molar-refractivity contribution is -0.117. The Labute approximate surface area is 191 Å². The maximum Gasteiger partial charge on any atom is 0.275 e. The van der Waals surface area contributed by atoms with Crippen molar-refractivity contribution in [3.63, 3.8) is 0 Å². The van der Waals surface area contributed by atoms with Crippen LogP contribution in [0.2, 0.25) is 0 Å². The van der Waals surface area contributed by atoms with Crippen molar-refractivity contribution in [1.82, 2.24) is 15.1 Å². The van der Waals surface area contributed by atoms with Crippen LogP contribution in [0.5, 0.6) is 0 Å². The first-order valence-electron chi connectivity index (χ1n) is 10.6. The topological polar surface area (TPSA) is 93.1 Å². The molecule has 4 rings (SSSR count). The normalized spacial score (nSPS) is 11.7. The predicted octanol–water partition coefficient (Wildman–Crippen LogP) is 3.83. The fraction of sp³-hybridized carbons (Fsp3) is 0.154. The number of rotatable bonds is 6. The van der Waals surface area contributed by atoms with Gasteiger partial charge in [-0.25, -0.2) is 4.68 Å². The molecule has 7 nitrogen and oxygen atoms in total. The molecule has 0 spiro atoms. The summed E-state index contributed by atoms with van der Waals surface area (Å²) in [5.74, 6) is -0.755. The van der Waals surface area contributed by atoms with Crippen LogP contribution in [0, 0.1) is 6.92 Å². The first kappa shape index (κ1) is 22.0. The molecule has 0 fully saturated rings. The first-order valence-corrected chi connectivity index (χ1v) is 10.6. The van der Waals surface area contributed by atoms with Gasteiger partial charge in [-0.1, -0.05) is 60.7 Å². The predicted molar refractivity (Wildman–Crippen MR) is 128 cm³/mol. The largest absolute Gasteiger partial charge is 0.345 e. The van der Waals surface area contributed by atoms with Crippen molar-refractivity contribution in [3.05, 3.63) is 106 Å². The Balaban J connectivity index is 1.52. The van der Waals surface area contributed by atoms with Crippen LogP contribution >= 0.6 is 0 Å². The SMILES string of the molecule is Cc1nn(CC(=O)Nc2ccccc2C(=O)N[C@@H](C)c2ccccc2)c(=O)c2ccccc12. The first-order chi connectivity index (χ1) is 15.9. The molecule has 0 unspecified atom stereocenters. The van der Waals surface area contributed by atoms with E-state index in [4.69, 9.17) is 0 Å². The molecule has 4 aromatic rings. The Bertz CT molecular complexity index is 1380. The molecule has 166 valence electrons. The number of hydrogen-bond acceptors (Lipinski definition) is 4. The van der Waals surface area contributed by atoms with Gasteiger partial charge in [0.15, 0.2) is 0 Å². The second-order valence-electron chi connectivity index (χ2n) is 7.79. The van der Waals surface area contributed by atoms with Crippen molar-refractivity contribution in [1.29, 1.82) is 0 Å². The number of anilines is 1.